The molecule has 2 N–H and O–H groups in total. The van der Waals surface area contributed by atoms with Crippen LogP contribution in [0.1, 0.15) is 19.8 Å². The van der Waals surface area contributed by atoms with E-state index in [4.69, 9.17) is 5.73 Å². The number of carbonyl (C=O) groups is 1. The number of amides is 1. The summed E-state index contributed by atoms with van der Waals surface area (Å²) in [5, 5.41) is 0. The number of hydrogen-bond acceptors (Lipinski definition) is 3. The Morgan fingerprint density at radius 1 is 1.56 bits per heavy atom. The van der Waals surface area contributed by atoms with Crippen LogP contribution in [0.5, 0.6) is 0 Å². The summed E-state index contributed by atoms with van der Waals surface area (Å²) >= 11 is 4.89. The Labute approximate surface area is 120 Å². The predicted octanol–water partition coefficient (Wildman–Crippen LogP) is 3.13. The predicted molar refractivity (Wildman–Crippen MR) is 79.7 cm³/mol. The zero-order valence-electron chi connectivity index (χ0n) is 10.4. The van der Waals surface area contributed by atoms with Gasteiger partial charge in [-0.3, -0.25) is 4.79 Å². The van der Waals surface area contributed by atoms with Gasteiger partial charge in [0, 0.05) is 27.6 Å². The highest BCUT2D eigenvalue weighted by atomic mass is 79.9. The van der Waals surface area contributed by atoms with Gasteiger partial charge >= 0.3 is 0 Å². The molecular weight excluding hydrogens is 312 g/mol. The summed E-state index contributed by atoms with van der Waals surface area (Å²) in [5.74, 6) is 0.684. The fourth-order valence-electron chi connectivity index (χ4n) is 1.90. The van der Waals surface area contributed by atoms with Crippen LogP contribution in [0.4, 0.5) is 5.69 Å². The van der Waals surface area contributed by atoms with Crippen LogP contribution in [0.2, 0.25) is 0 Å². The van der Waals surface area contributed by atoms with Gasteiger partial charge in [0.1, 0.15) is 0 Å². The molecule has 3 nitrogen and oxygen atoms in total. The maximum atomic E-state index is 12.1. The lowest BCUT2D eigenvalue weighted by Gasteiger charge is -2.20. The van der Waals surface area contributed by atoms with E-state index in [9.17, 15) is 4.79 Å². The van der Waals surface area contributed by atoms with Gasteiger partial charge in [0.05, 0.1) is 5.75 Å². The largest absolute Gasteiger partial charge is 0.398 e. The highest BCUT2D eigenvalue weighted by molar-refractivity contribution is 9.10. The molecular formula is C13H17BrN2OS. The van der Waals surface area contributed by atoms with Gasteiger partial charge in [0.2, 0.25) is 5.91 Å². The topological polar surface area (TPSA) is 46.3 Å². The standard InChI is InChI=1S/C13H17BrN2OS/c1-2-16(10-4-5-10)13(17)8-18-12-6-3-9(14)7-11(12)15/h3,6-7,10H,2,4-5,8,15H2,1H3. The molecule has 0 atom stereocenters. The maximum absolute atomic E-state index is 12.1. The van der Waals surface area contributed by atoms with Crippen molar-refractivity contribution in [2.75, 3.05) is 18.0 Å². The Morgan fingerprint density at radius 3 is 2.83 bits per heavy atom. The highest BCUT2D eigenvalue weighted by Crippen LogP contribution is 2.30. The summed E-state index contributed by atoms with van der Waals surface area (Å²) in [6.07, 6.45) is 2.31. The number of anilines is 1. The molecule has 5 heteroatoms. The Hall–Kier alpha value is -0.680. The molecule has 0 spiro atoms. The van der Waals surface area contributed by atoms with Gasteiger partial charge in [0.25, 0.3) is 0 Å². The van der Waals surface area contributed by atoms with Crippen LogP contribution in [0.15, 0.2) is 27.6 Å². The van der Waals surface area contributed by atoms with Crippen LogP contribution in [0, 0.1) is 0 Å². The minimum Gasteiger partial charge on any atom is -0.398 e. The molecule has 0 saturated heterocycles. The van der Waals surface area contributed by atoms with E-state index in [2.05, 4.69) is 15.9 Å². The van der Waals surface area contributed by atoms with Gasteiger partial charge < -0.3 is 10.6 Å². The smallest absolute Gasteiger partial charge is 0.233 e. The summed E-state index contributed by atoms with van der Waals surface area (Å²) in [4.78, 5) is 15.0. The molecule has 1 aliphatic carbocycles. The highest BCUT2D eigenvalue weighted by Gasteiger charge is 2.31. The lowest BCUT2D eigenvalue weighted by molar-refractivity contribution is -0.128. The molecule has 1 saturated carbocycles. The zero-order chi connectivity index (χ0) is 13.1. The van der Waals surface area contributed by atoms with E-state index < -0.39 is 0 Å². The van der Waals surface area contributed by atoms with E-state index in [0.717, 1.165) is 34.4 Å². The average Bonchev–Trinajstić information content (AvgIpc) is 3.13. The second-order valence-electron chi connectivity index (χ2n) is 4.38. The third kappa shape index (κ3) is 3.42. The van der Waals surface area contributed by atoms with Gasteiger partial charge in [0.15, 0.2) is 0 Å². The number of carbonyl (C=O) groups excluding carboxylic acids is 1. The Bertz CT molecular complexity index is 449. The summed E-state index contributed by atoms with van der Waals surface area (Å²) in [6.45, 7) is 2.84. The number of nitrogen functional groups attached to an aromatic ring is 1. The Kier molecular flexibility index (Phi) is 4.56. The number of rotatable bonds is 5. The van der Waals surface area contributed by atoms with Crippen molar-refractivity contribution >= 4 is 39.3 Å². The van der Waals surface area contributed by atoms with E-state index >= 15 is 0 Å². The summed E-state index contributed by atoms with van der Waals surface area (Å²) < 4.78 is 0.962. The van der Waals surface area contributed by atoms with E-state index in [-0.39, 0.29) is 5.91 Å². The summed E-state index contributed by atoms with van der Waals surface area (Å²) in [7, 11) is 0. The summed E-state index contributed by atoms with van der Waals surface area (Å²) in [5.41, 5.74) is 6.63. The van der Waals surface area contributed by atoms with Crippen LogP contribution >= 0.6 is 27.7 Å². The lowest BCUT2D eigenvalue weighted by atomic mass is 10.3. The monoisotopic (exact) mass is 328 g/mol. The molecule has 98 valence electrons. The second kappa shape index (κ2) is 5.97. The van der Waals surface area contributed by atoms with E-state index in [1.165, 1.54) is 11.8 Å². The molecule has 1 aliphatic rings. The quantitative estimate of drug-likeness (QED) is 0.667. The minimum atomic E-state index is 0.215. The zero-order valence-corrected chi connectivity index (χ0v) is 12.8. The molecule has 1 aromatic rings. The SMILES string of the molecule is CCN(C(=O)CSc1ccc(Br)cc1N)C1CC1. The van der Waals surface area contributed by atoms with Crippen molar-refractivity contribution in [1.29, 1.82) is 0 Å². The van der Waals surface area contributed by atoms with Gasteiger partial charge in [-0.15, -0.1) is 11.8 Å². The molecule has 2 rings (SSSR count). The van der Waals surface area contributed by atoms with E-state index in [1.54, 1.807) is 0 Å². The molecule has 1 aromatic carbocycles. The molecule has 1 fully saturated rings. The number of halogens is 1. The molecule has 0 bridgehead atoms. The first-order valence-electron chi connectivity index (χ1n) is 6.09. The first-order valence-corrected chi connectivity index (χ1v) is 7.87. The van der Waals surface area contributed by atoms with Gasteiger partial charge in [-0.2, -0.15) is 0 Å². The van der Waals surface area contributed by atoms with Gasteiger partial charge in [-0.05, 0) is 38.0 Å². The van der Waals surface area contributed by atoms with Crippen molar-refractivity contribution in [3.8, 4) is 0 Å². The van der Waals surface area contributed by atoms with Gasteiger partial charge in [-0.25, -0.2) is 0 Å². The molecule has 0 aliphatic heterocycles. The van der Waals surface area contributed by atoms with Crippen molar-refractivity contribution in [3.63, 3.8) is 0 Å². The number of nitrogens with zero attached hydrogens (tertiary/aromatic N) is 1. The van der Waals surface area contributed by atoms with Crippen molar-refractivity contribution in [1.82, 2.24) is 4.90 Å². The first-order chi connectivity index (χ1) is 8.61. The number of hydrogen-bond donors (Lipinski definition) is 1. The van der Waals surface area contributed by atoms with Crippen LogP contribution in [-0.2, 0) is 4.79 Å². The van der Waals surface area contributed by atoms with Crippen LogP contribution in [0.3, 0.4) is 0 Å². The molecule has 0 radical (unpaired) electrons. The number of benzene rings is 1. The lowest BCUT2D eigenvalue weighted by Crippen LogP contribution is -2.34. The minimum absolute atomic E-state index is 0.215. The Morgan fingerprint density at radius 2 is 2.28 bits per heavy atom. The van der Waals surface area contributed by atoms with E-state index in [0.29, 0.717) is 11.8 Å². The molecule has 0 unspecified atom stereocenters. The third-order valence-corrected chi connectivity index (χ3v) is 4.54. The number of nitrogens with two attached hydrogens (primary N) is 1. The Balaban J connectivity index is 1.92. The molecule has 1 amide bonds. The van der Waals surface area contributed by atoms with Crippen molar-refractivity contribution in [2.45, 2.75) is 30.7 Å². The van der Waals surface area contributed by atoms with Crippen molar-refractivity contribution < 1.29 is 4.79 Å². The second-order valence-corrected chi connectivity index (χ2v) is 6.31. The van der Waals surface area contributed by atoms with E-state index in [1.807, 2.05) is 30.0 Å². The van der Waals surface area contributed by atoms with Gasteiger partial charge in [-0.1, -0.05) is 15.9 Å². The summed E-state index contributed by atoms with van der Waals surface area (Å²) in [6, 6.07) is 6.25. The van der Waals surface area contributed by atoms with Crippen LogP contribution in [-0.4, -0.2) is 29.1 Å². The average molecular weight is 329 g/mol. The number of thioether (sulfide) groups is 1. The molecule has 18 heavy (non-hydrogen) atoms. The normalized spacial score (nSPS) is 14.6. The van der Waals surface area contributed by atoms with Crippen molar-refractivity contribution in [2.24, 2.45) is 0 Å². The first kappa shape index (κ1) is 13.7. The maximum Gasteiger partial charge on any atom is 0.233 e. The van der Waals surface area contributed by atoms with Crippen LogP contribution in [0.25, 0.3) is 0 Å². The fourth-order valence-corrected chi connectivity index (χ4v) is 3.11. The molecule has 0 heterocycles. The van der Waals surface area contributed by atoms with Crippen molar-refractivity contribution in [3.05, 3.63) is 22.7 Å². The fraction of sp³-hybridized carbons (Fsp3) is 0.462. The van der Waals surface area contributed by atoms with Crippen LogP contribution < -0.4 is 5.73 Å². The third-order valence-electron chi connectivity index (χ3n) is 2.97. The molecule has 0 aromatic heterocycles.